The molecule has 2 aromatic heterocycles. The molecule has 2 saturated heterocycles. The van der Waals surface area contributed by atoms with Crippen LogP contribution in [0.1, 0.15) is 160 Å². The van der Waals surface area contributed by atoms with Crippen molar-refractivity contribution in [2.75, 3.05) is 13.1 Å². The first-order valence-corrected chi connectivity index (χ1v) is 41.3. The van der Waals surface area contributed by atoms with Gasteiger partial charge >= 0.3 is 0 Å². The summed E-state index contributed by atoms with van der Waals surface area (Å²) in [4.78, 5) is 122. The number of hydrogen-bond acceptors (Lipinski definition) is 18. The fraction of sp³-hybridized carbons (Fsp3) is 0.506. The minimum Gasteiger partial charge on any atom is -0.465 e. The number of aromatic nitrogens is 2. The number of fused-ring (bicyclic) bond motifs is 6. The number of para-hydroxylation sites is 2. The van der Waals surface area contributed by atoms with Crippen LogP contribution in [0.2, 0.25) is 0 Å². The van der Waals surface area contributed by atoms with Crippen molar-refractivity contribution in [2.24, 2.45) is 28.6 Å². The van der Waals surface area contributed by atoms with Crippen molar-refractivity contribution in [1.82, 2.24) is 34.1 Å². The first-order chi connectivity index (χ1) is 49.5. The summed E-state index contributed by atoms with van der Waals surface area (Å²) in [7, 11) is -7.60. The van der Waals surface area contributed by atoms with Crippen LogP contribution < -0.4 is 18.9 Å². The number of nitrogens with one attached hydrogen (secondary N) is 2. The van der Waals surface area contributed by atoms with Crippen LogP contribution in [0.3, 0.4) is 0 Å². The van der Waals surface area contributed by atoms with Gasteiger partial charge in [-0.15, -0.1) is 0 Å². The number of nitrogens with zero attached hydrogens (tertiary/aromatic N) is 5. The number of aryl methyl sites for hydroxylation is 1. The van der Waals surface area contributed by atoms with E-state index in [-0.39, 0.29) is 91.2 Å². The predicted molar refractivity (Wildman–Crippen MR) is 394 cm³/mol. The van der Waals surface area contributed by atoms with Crippen molar-refractivity contribution in [3.63, 3.8) is 0 Å². The number of carbonyl (C=O) groups is 8. The summed E-state index contributed by atoms with van der Waals surface area (Å²) < 4.78 is 70.6. The molecule has 4 aliphatic heterocycles. The molecule has 103 heavy (non-hydrogen) atoms. The van der Waals surface area contributed by atoms with Crippen molar-refractivity contribution < 1.29 is 64.7 Å². The molecule has 6 heterocycles. The largest absolute Gasteiger partial charge is 0.465 e. The normalized spacial score (nSPS) is 27.5. The number of hydrogen-bond donors (Lipinski definition) is 2. The van der Waals surface area contributed by atoms with Gasteiger partial charge in [0, 0.05) is 52.0 Å². The lowest BCUT2D eigenvalue weighted by atomic mass is 9.90. The Kier molecular flexibility index (Phi) is 23.8. The highest BCUT2D eigenvalue weighted by Gasteiger charge is 2.63. The zero-order chi connectivity index (χ0) is 72.6. The monoisotopic (exact) mass is 1500 g/mol. The second-order valence-corrected chi connectivity index (χ2v) is 35.3. The van der Waals surface area contributed by atoms with Gasteiger partial charge in [-0.25, -0.2) is 26.8 Å². The third-order valence-corrected chi connectivity index (χ3v) is 26.7. The highest BCUT2D eigenvalue weighted by Crippen LogP contribution is 2.59. The quantitative estimate of drug-likeness (QED) is 0.0673. The molecule has 4 aliphatic carbocycles. The molecule has 21 nitrogen and oxygen atoms in total. The van der Waals surface area contributed by atoms with Crippen LogP contribution in [0.4, 0.5) is 0 Å². The maximum Gasteiger partial charge on any atom is 0.274 e. The highest BCUT2D eigenvalue weighted by molar-refractivity contribution is 7.91. The number of amides is 5. The zero-order valence-corrected chi connectivity index (χ0v) is 62.1. The van der Waals surface area contributed by atoms with Gasteiger partial charge in [-0.2, -0.15) is 0 Å². The summed E-state index contributed by atoms with van der Waals surface area (Å²) >= 11 is 7.46. The summed E-state index contributed by atoms with van der Waals surface area (Å²) in [5.74, 6) is -3.16. The molecule has 5 amide bonds. The van der Waals surface area contributed by atoms with E-state index in [9.17, 15) is 55.2 Å². The molecule has 6 fully saturated rings. The Bertz CT molecular complexity index is 4340. The van der Waals surface area contributed by atoms with Crippen LogP contribution in [0.15, 0.2) is 133 Å². The molecule has 4 saturated carbocycles. The van der Waals surface area contributed by atoms with Crippen LogP contribution in [-0.4, -0.2) is 142 Å². The summed E-state index contributed by atoms with van der Waals surface area (Å²) in [5, 5.41) is -0.551. The molecule has 14 rings (SSSR count). The van der Waals surface area contributed by atoms with Gasteiger partial charge in [0.25, 0.3) is 10.4 Å². The highest BCUT2D eigenvalue weighted by atomic mass is 35.5. The molecule has 548 valence electrons. The number of halogens is 1. The topological polar surface area (TPSA) is 283 Å². The van der Waals surface area contributed by atoms with E-state index in [4.69, 9.17) is 9.47 Å². The molecule has 10 atom stereocenters. The number of rotatable bonds is 16. The van der Waals surface area contributed by atoms with Gasteiger partial charge in [0.2, 0.25) is 54.8 Å². The molecule has 0 unspecified atom stereocenters. The molecule has 2 N–H and O–H groups in total. The molecule has 6 aromatic rings. The summed E-state index contributed by atoms with van der Waals surface area (Å²) in [6.45, 7) is 3.37. The number of benzene rings is 4. The predicted octanol–water partition coefficient (Wildman–Crippen LogP) is 11.9. The van der Waals surface area contributed by atoms with E-state index in [1.807, 2.05) is 115 Å². The number of ketones is 2. The Morgan fingerprint density at radius 1 is 0.573 bits per heavy atom. The van der Waals surface area contributed by atoms with Crippen molar-refractivity contribution in [1.29, 1.82) is 0 Å². The lowest BCUT2D eigenvalue weighted by Gasteiger charge is -2.35. The second-order valence-electron chi connectivity index (χ2n) is 28.9. The molecular weight excluding hydrogens is 1410 g/mol. The van der Waals surface area contributed by atoms with Crippen LogP contribution >= 0.6 is 34.3 Å². The van der Waals surface area contributed by atoms with Crippen molar-refractivity contribution >= 4 is 121 Å². The Labute approximate surface area is 615 Å². The Morgan fingerprint density at radius 3 is 1.47 bits per heavy atom. The number of allylic oxidation sites excluding steroid dienone is 4. The maximum atomic E-state index is 14.8. The molecule has 26 heteroatoms. The minimum atomic E-state index is -3.82. The van der Waals surface area contributed by atoms with Crippen molar-refractivity contribution in [3.8, 4) is 10.4 Å². The van der Waals surface area contributed by atoms with E-state index < -0.39 is 83.5 Å². The van der Waals surface area contributed by atoms with E-state index >= 15 is 0 Å². The number of thiazole rings is 2. The van der Waals surface area contributed by atoms with Gasteiger partial charge in [-0.3, -0.25) is 47.8 Å². The van der Waals surface area contributed by atoms with Crippen LogP contribution in [0.5, 0.6) is 10.4 Å². The Hall–Kier alpha value is -7.71. The van der Waals surface area contributed by atoms with Crippen LogP contribution in [0.25, 0.3) is 20.4 Å². The number of carbonyl (C=O) groups excluding carboxylic acids is 8. The average molecular weight is 1500 g/mol. The van der Waals surface area contributed by atoms with Crippen LogP contribution in [-0.2, 0) is 71.4 Å². The molecule has 0 bridgehead atoms. The van der Waals surface area contributed by atoms with Gasteiger partial charge in [-0.1, -0.05) is 158 Å². The molecule has 4 aromatic carbocycles. The number of Topliss-reactive ketones (excluding diaryl/α,β-unsaturated/α-hetero) is 2. The van der Waals surface area contributed by atoms with E-state index in [1.165, 1.54) is 42.1 Å². The fourth-order valence-corrected chi connectivity index (χ4v) is 19.6. The molecule has 0 radical (unpaired) electrons. The van der Waals surface area contributed by atoms with Gasteiger partial charge in [0.05, 0.1) is 66.9 Å². The molecule has 8 aliphatic rings. The first-order valence-electron chi connectivity index (χ1n) is 36.2. The summed E-state index contributed by atoms with van der Waals surface area (Å²) in [6.07, 6.45) is 19.5. The summed E-state index contributed by atoms with van der Waals surface area (Å²) in [6, 6.07) is 32.6. The lowest BCUT2D eigenvalue weighted by molar-refractivity contribution is -0.148. The Morgan fingerprint density at radius 2 is 1.01 bits per heavy atom. The van der Waals surface area contributed by atoms with E-state index in [1.54, 1.807) is 14.7 Å². The van der Waals surface area contributed by atoms with Gasteiger partial charge in [0.1, 0.15) is 18.2 Å². The van der Waals surface area contributed by atoms with Crippen molar-refractivity contribution in [2.45, 2.75) is 202 Å². The van der Waals surface area contributed by atoms with Crippen LogP contribution in [0, 0.1) is 28.6 Å². The standard InChI is InChI=1S/C38H44N4O7S2.C37H43N3O6S2.C2H3ClO/c1-25(43)41(23-26-12-6-5-7-13-26)31-16-9-4-2-3-8-14-27-21-38(27,36(46)40-51(47,48)29-18-19-29)22-33(44)32-20-28(24-42(32)35(31)45)49-37-39-30-15-10-11-17-34(30)50-37;41-32-23-37(35(43)39-48(44,45)29-19-20-29)22-27(37)14-8-3-1-2-7-13-26(18-17-25-11-5-4-6-12-25)34(42)40-24-28(21-31(32)40)46-36-38-30-15-9-10-16-33(30)47-36;1-2(3)4/h5-8,10-15,17,27-29,31-32H,2-4,9,16,18-24H2,1H3,(H,40,46);4-6,8-12,14-16,26-29,31H,1-3,7,13,17-24H2,(H,39,43);1H3/b2*14-8-;/t27-,28-,31+,32+,38-;26-,27-,28-,31+,37-;/m11./s1. The molecule has 0 spiro atoms. The molecular formula is C77H90ClN7O14S4. The van der Waals surface area contributed by atoms with Gasteiger partial charge in [0.15, 0.2) is 11.6 Å². The maximum absolute atomic E-state index is 14.8. The van der Waals surface area contributed by atoms with E-state index in [2.05, 4.69) is 49.2 Å². The SMILES string of the molecule is CC(=O)Cl.CC(=O)N(Cc1ccccc1)[C@H]1CCCCC/C=C\[C@@H]2C[C@@]2(C(=O)NS(=O)(=O)C2CC2)CC(=O)[C@@H]2C[C@@H](Oc3nc4ccccc4s3)CN2C1=O.O=C1C[C@]2(C(=O)NS(=O)(=O)C3CC3)C[C@H]2/C=C\CCCCC[C@H](CCc2ccccc2)C(=O)N2C[C@H](Oc3nc4ccccc4s3)C[C@@H]12. The van der Waals surface area contributed by atoms with E-state index in [0.717, 1.165) is 83.8 Å². The Balaban J connectivity index is 0.000000185. The third-order valence-electron chi connectivity index (χ3n) is 21.2. The third kappa shape index (κ3) is 18.7. The number of ether oxygens (including phenoxy) is 2. The lowest BCUT2D eigenvalue weighted by Crippen LogP contribution is -2.53. The van der Waals surface area contributed by atoms with Crippen molar-refractivity contribution in [3.05, 3.63) is 145 Å². The fourth-order valence-electron chi connectivity index (χ4n) is 15.0. The van der Waals surface area contributed by atoms with Gasteiger partial charge in [-0.05, 0) is 149 Å². The zero-order valence-electron chi connectivity index (χ0n) is 58.1. The first kappa shape index (κ1) is 75.0. The average Bonchev–Trinajstić information content (AvgIpc) is 1.58. The van der Waals surface area contributed by atoms with Gasteiger partial charge < -0.3 is 24.2 Å². The minimum absolute atomic E-state index is 0.0464. The second kappa shape index (κ2) is 32.8. The number of sulfonamides is 2. The smallest absolute Gasteiger partial charge is 0.274 e. The van der Waals surface area contributed by atoms with E-state index in [0.29, 0.717) is 74.6 Å². The summed E-state index contributed by atoms with van der Waals surface area (Å²) in [5.41, 5.74) is 1.34.